The predicted molar refractivity (Wildman–Crippen MR) is 36.5 cm³/mol. The van der Waals surface area contributed by atoms with Crippen molar-refractivity contribution in [2.75, 3.05) is 0 Å². The number of esters is 1. The lowest BCUT2D eigenvalue weighted by Gasteiger charge is -1.99. The normalized spacial score (nSPS) is 9.64. The van der Waals surface area contributed by atoms with Crippen molar-refractivity contribution in [1.82, 2.24) is 15.0 Å². The van der Waals surface area contributed by atoms with Gasteiger partial charge in [-0.3, -0.25) is 4.79 Å². The van der Waals surface area contributed by atoms with Crippen molar-refractivity contribution in [3.8, 4) is 0 Å². The molecule has 0 fully saturated rings. The van der Waals surface area contributed by atoms with Gasteiger partial charge >= 0.3 is 5.97 Å². The van der Waals surface area contributed by atoms with Crippen molar-refractivity contribution in [2.45, 2.75) is 13.5 Å². The minimum atomic E-state index is -0.300. The van der Waals surface area contributed by atoms with Crippen molar-refractivity contribution in [2.24, 2.45) is 7.05 Å². The van der Waals surface area contributed by atoms with Gasteiger partial charge in [-0.1, -0.05) is 5.21 Å². The van der Waals surface area contributed by atoms with E-state index in [-0.39, 0.29) is 12.6 Å². The molecule has 1 aromatic rings. The largest absolute Gasteiger partial charge is 0.459 e. The van der Waals surface area contributed by atoms with Crippen LogP contribution < -0.4 is 0 Å². The topological polar surface area (TPSA) is 57.0 Å². The van der Waals surface area contributed by atoms with Crippen LogP contribution >= 0.6 is 0 Å². The van der Waals surface area contributed by atoms with E-state index in [9.17, 15) is 4.79 Å². The van der Waals surface area contributed by atoms with E-state index < -0.39 is 0 Å². The quantitative estimate of drug-likeness (QED) is 0.558. The third kappa shape index (κ3) is 2.03. The molecule has 0 saturated carbocycles. The smallest absolute Gasteiger partial charge is 0.303 e. The number of carbonyl (C=O) groups is 1. The molecule has 0 unspecified atom stereocenters. The Balaban J connectivity index is 2.51. The zero-order valence-corrected chi connectivity index (χ0v) is 6.44. The van der Waals surface area contributed by atoms with Crippen LogP contribution in [0.5, 0.6) is 0 Å². The summed E-state index contributed by atoms with van der Waals surface area (Å²) in [6.07, 6.45) is 1.56. The van der Waals surface area contributed by atoms with Crippen molar-refractivity contribution in [1.29, 1.82) is 0 Å². The summed E-state index contributed by atoms with van der Waals surface area (Å²) in [5.41, 5.74) is 0.778. The molecule has 11 heavy (non-hydrogen) atoms. The minimum absolute atomic E-state index is 0.235. The van der Waals surface area contributed by atoms with Crippen LogP contribution in [0.15, 0.2) is 6.20 Å². The zero-order valence-electron chi connectivity index (χ0n) is 6.44. The maximum atomic E-state index is 10.4. The highest BCUT2D eigenvalue weighted by atomic mass is 16.5. The summed E-state index contributed by atoms with van der Waals surface area (Å²) in [5.74, 6) is -0.300. The molecule has 0 aliphatic rings. The van der Waals surface area contributed by atoms with Crippen molar-refractivity contribution in [3.63, 3.8) is 0 Å². The summed E-state index contributed by atoms with van der Waals surface area (Å²) in [6, 6.07) is 0. The summed E-state index contributed by atoms with van der Waals surface area (Å²) in [4.78, 5) is 10.4. The Morgan fingerprint density at radius 2 is 2.55 bits per heavy atom. The van der Waals surface area contributed by atoms with E-state index in [4.69, 9.17) is 4.74 Å². The molecule has 5 heteroatoms. The van der Waals surface area contributed by atoms with Gasteiger partial charge in [-0.2, -0.15) is 0 Å². The molecule has 0 spiro atoms. The summed E-state index contributed by atoms with van der Waals surface area (Å²) in [7, 11) is 1.74. The Morgan fingerprint density at radius 1 is 1.82 bits per heavy atom. The number of carbonyl (C=O) groups excluding carboxylic acids is 1. The van der Waals surface area contributed by atoms with Gasteiger partial charge in [0.05, 0.1) is 11.9 Å². The maximum Gasteiger partial charge on any atom is 0.303 e. The minimum Gasteiger partial charge on any atom is -0.459 e. The molecule has 0 aromatic carbocycles. The van der Waals surface area contributed by atoms with E-state index >= 15 is 0 Å². The fraction of sp³-hybridized carbons (Fsp3) is 0.500. The summed E-state index contributed by atoms with van der Waals surface area (Å²) < 4.78 is 6.29. The molecule has 0 aliphatic carbocycles. The average Bonchev–Trinajstić information content (AvgIpc) is 2.31. The molecule has 0 bridgehead atoms. The van der Waals surface area contributed by atoms with Crippen LogP contribution in [0.4, 0.5) is 0 Å². The van der Waals surface area contributed by atoms with E-state index in [1.165, 1.54) is 6.92 Å². The van der Waals surface area contributed by atoms with Crippen LogP contribution in [0, 0.1) is 0 Å². The van der Waals surface area contributed by atoms with Gasteiger partial charge in [0.2, 0.25) is 0 Å². The number of hydrogen-bond donors (Lipinski definition) is 0. The van der Waals surface area contributed by atoms with Crippen molar-refractivity contribution < 1.29 is 9.53 Å². The number of hydrogen-bond acceptors (Lipinski definition) is 4. The van der Waals surface area contributed by atoms with E-state index in [0.29, 0.717) is 0 Å². The van der Waals surface area contributed by atoms with Crippen LogP contribution in [-0.4, -0.2) is 21.0 Å². The second-order valence-corrected chi connectivity index (χ2v) is 2.13. The highest BCUT2D eigenvalue weighted by molar-refractivity contribution is 5.65. The first-order valence-electron chi connectivity index (χ1n) is 3.17. The molecule has 0 N–H and O–H groups in total. The lowest BCUT2D eigenvalue weighted by molar-refractivity contribution is -0.142. The molecule has 60 valence electrons. The standard InChI is InChI=1S/C6H9N3O2/c1-5(10)11-4-6-3-7-8-9(6)2/h3H,4H2,1-2H3. The number of ether oxygens (including phenoxy) is 1. The first kappa shape index (κ1) is 7.71. The third-order valence-corrected chi connectivity index (χ3v) is 1.23. The van der Waals surface area contributed by atoms with Crippen LogP contribution in [0.25, 0.3) is 0 Å². The van der Waals surface area contributed by atoms with E-state index in [2.05, 4.69) is 10.3 Å². The number of aromatic nitrogens is 3. The van der Waals surface area contributed by atoms with Gasteiger partial charge in [0.25, 0.3) is 0 Å². The lowest BCUT2D eigenvalue weighted by atomic mass is 10.5. The molecule has 5 nitrogen and oxygen atoms in total. The van der Waals surface area contributed by atoms with Crippen LogP contribution in [0.3, 0.4) is 0 Å². The van der Waals surface area contributed by atoms with Crippen molar-refractivity contribution >= 4 is 5.97 Å². The molecule has 1 aromatic heterocycles. The molecular formula is C6H9N3O2. The first-order chi connectivity index (χ1) is 5.20. The predicted octanol–water partition coefficient (Wildman–Crippen LogP) is -0.122. The Morgan fingerprint density at radius 3 is 3.00 bits per heavy atom. The number of rotatable bonds is 2. The van der Waals surface area contributed by atoms with Gasteiger partial charge in [-0.15, -0.1) is 5.10 Å². The Kier molecular flexibility index (Phi) is 2.20. The monoisotopic (exact) mass is 155 g/mol. The molecule has 1 rings (SSSR count). The van der Waals surface area contributed by atoms with Gasteiger partial charge in [-0.05, 0) is 0 Å². The lowest BCUT2D eigenvalue weighted by Crippen LogP contribution is -2.03. The second kappa shape index (κ2) is 3.14. The summed E-state index contributed by atoms with van der Waals surface area (Å²) >= 11 is 0. The SMILES string of the molecule is CC(=O)OCc1cnnn1C. The molecular weight excluding hydrogens is 146 g/mol. The fourth-order valence-electron chi connectivity index (χ4n) is 0.617. The summed E-state index contributed by atoms with van der Waals surface area (Å²) in [5, 5.41) is 7.29. The van der Waals surface area contributed by atoms with Crippen LogP contribution in [-0.2, 0) is 23.2 Å². The Hall–Kier alpha value is -1.39. The highest BCUT2D eigenvalue weighted by Crippen LogP contribution is 1.95. The molecule has 1 heterocycles. The molecule has 0 saturated heterocycles. The number of aryl methyl sites for hydroxylation is 1. The van der Waals surface area contributed by atoms with Gasteiger partial charge in [0.1, 0.15) is 6.61 Å². The van der Waals surface area contributed by atoms with Crippen molar-refractivity contribution in [3.05, 3.63) is 11.9 Å². The Bertz CT molecular complexity index is 256. The summed E-state index contributed by atoms with van der Waals surface area (Å²) in [6.45, 7) is 1.60. The highest BCUT2D eigenvalue weighted by Gasteiger charge is 2.00. The van der Waals surface area contributed by atoms with Gasteiger partial charge in [0, 0.05) is 14.0 Å². The fourth-order valence-corrected chi connectivity index (χ4v) is 0.617. The molecule has 0 radical (unpaired) electrons. The van der Waals surface area contributed by atoms with Gasteiger partial charge in [0.15, 0.2) is 0 Å². The zero-order chi connectivity index (χ0) is 8.27. The van der Waals surface area contributed by atoms with Crippen LogP contribution in [0.1, 0.15) is 12.6 Å². The van der Waals surface area contributed by atoms with Gasteiger partial charge < -0.3 is 4.74 Å². The first-order valence-corrected chi connectivity index (χ1v) is 3.17. The molecule has 0 amide bonds. The Labute approximate surface area is 64.0 Å². The second-order valence-electron chi connectivity index (χ2n) is 2.13. The third-order valence-electron chi connectivity index (χ3n) is 1.23. The maximum absolute atomic E-state index is 10.4. The van der Waals surface area contributed by atoms with E-state index in [0.717, 1.165) is 5.69 Å². The van der Waals surface area contributed by atoms with Crippen LogP contribution in [0.2, 0.25) is 0 Å². The molecule has 0 atom stereocenters. The molecule has 0 aliphatic heterocycles. The number of nitrogens with zero attached hydrogens (tertiary/aromatic N) is 3. The average molecular weight is 155 g/mol. The van der Waals surface area contributed by atoms with E-state index in [1.54, 1.807) is 17.9 Å². The van der Waals surface area contributed by atoms with Gasteiger partial charge in [-0.25, -0.2) is 4.68 Å². The van der Waals surface area contributed by atoms with E-state index in [1.807, 2.05) is 0 Å².